The minimum Gasteiger partial charge on any atom is -0.493 e. The second kappa shape index (κ2) is 7.47. The number of aryl methyl sites for hydroxylation is 1. The zero-order valence-corrected chi connectivity index (χ0v) is 14.9. The number of hydrogen-bond donors (Lipinski definition) is 1. The number of rotatable bonds is 6. The number of nitrogens with zero attached hydrogens (tertiary/aromatic N) is 2. The second-order valence-electron chi connectivity index (χ2n) is 6.18. The summed E-state index contributed by atoms with van der Waals surface area (Å²) in [5.74, 6) is 1.49. The van der Waals surface area contributed by atoms with Crippen LogP contribution in [0, 0.1) is 12.8 Å². The molecule has 8 heteroatoms. The standard InChI is InChI=1S/C18H21N3O5/c1-11-6-16(20-26-11)19-18(23)13-8-17(22)21(10-13)9-12-4-5-14(24-2)15(7-12)25-3/h4-7,13H,8-10H2,1-3H3,(H,19,20,23). The first-order valence-electron chi connectivity index (χ1n) is 8.23. The predicted molar refractivity (Wildman–Crippen MR) is 92.9 cm³/mol. The van der Waals surface area contributed by atoms with Crippen LogP contribution in [0.25, 0.3) is 0 Å². The molecule has 1 atom stereocenters. The van der Waals surface area contributed by atoms with Gasteiger partial charge in [-0.25, -0.2) is 0 Å². The summed E-state index contributed by atoms with van der Waals surface area (Å²) in [5.41, 5.74) is 0.907. The highest BCUT2D eigenvalue weighted by atomic mass is 16.5. The summed E-state index contributed by atoms with van der Waals surface area (Å²) in [6, 6.07) is 7.14. The van der Waals surface area contributed by atoms with Crippen LogP contribution in [0.1, 0.15) is 17.7 Å². The summed E-state index contributed by atoms with van der Waals surface area (Å²) in [6.07, 6.45) is 0.177. The Bertz CT molecular complexity index is 817. The van der Waals surface area contributed by atoms with Gasteiger partial charge in [-0.1, -0.05) is 11.2 Å². The van der Waals surface area contributed by atoms with Crippen LogP contribution in [0.5, 0.6) is 11.5 Å². The number of anilines is 1. The fourth-order valence-corrected chi connectivity index (χ4v) is 2.95. The number of carbonyl (C=O) groups is 2. The topological polar surface area (TPSA) is 93.9 Å². The van der Waals surface area contributed by atoms with Gasteiger partial charge in [0.05, 0.1) is 20.1 Å². The highest BCUT2D eigenvalue weighted by Gasteiger charge is 2.34. The van der Waals surface area contributed by atoms with E-state index in [0.717, 1.165) is 5.56 Å². The molecule has 1 aromatic carbocycles. The Morgan fingerprint density at radius 2 is 2.08 bits per heavy atom. The average molecular weight is 359 g/mol. The van der Waals surface area contributed by atoms with Gasteiger partial charge < -0.3 is 24.2 Å². The minimum atomic E-state index is -0.417. The summed E-state index contributed by atoms with van der Waals surface area (Å²) < 4.78 is 15.4. The minimum absolute atomic E-state index is 0.0590. The maximum absolute atomic E-state index is 12.3. The number of methoxy groups -OCH3 is 2. The number of likely N-dealkylation sites (tertiary alicyclic amines) is 1. The molecule has 1 saturated heterocycles. The van der Waals surface area contributed by atoms with Gasteiger partial charge in [-0.3, -0.25) is 9.59 Å². The fourth-order valence-electron chi connectivity index (χ4n) is 2.95. The average Bonchev–Trinajstić information content (AvgIpc) is 3.20. The molecule has 26 heavy (non-hydrogen) atoms. The predicted octanol–water partition coefficient (Wildman–Crippen LogP) is 1.99. The van der Waals surface area contributed by atoms with Crippen LogP contribution in [-0.2, 0) is 16.1 Å². The first-order chi connectivity index (χ1) is 12.5. The molecule has 0 saturated carbocycles. The van der Waals surface area contributed by atoms with Crippen molar-refractivity contribution < 1.29 is 23.6 Å². The number of ether oxygens (including phenoxy) is 2. The molecule has 138 valence electrons. The van der Waals surface area contributed by atoms with Crippen molar-refractivity contribution in [3.63, 3.8) is 0 Å². The molecular weight excluding hydrogens is 338 g/mol. The molecule has 0 bridgehead atoms. The van der Waals surface area contributed by atoms with E-state index in [1.807, 2.05) is 12.1 Å². The van der Waals surface area contributed by atoms with E-state index < -0.39 is 5.92 Å². The lowest BCUT2D eigenvalue weighted by atomic mass is 10.1. The van der Waals surface area contributed by atoms with Crippen LogP contribution >= 0.6 is 0 Å². The Kier molecular flexibility index (Phi) is 5.11. The van der Waals surface area contributed by atoms with Gasteiger partial charge in [-0.05, 0) is 24.6 Å². The maximum atomic E-state index is 12.3. The van der Waals surface area contributed by atoms with Gasteiger partial charge >= 0.3 is 0 Å². The number of amides is 2. The zero-order chi connectivity index (χ0) is 18.7. The van der Waals surface area contributed by atoms with Gasteiger partial charge in [0.25, 0.3) is 0 Å². The summed E-state index contributed by atoms with van der Waals surface area (Å²) in [5, 5.41) is 6.42. The lowest BCUT2D eigenvalue weighted by Gasteiger charge is -2.17. The molecule has 2 amide bonds. The monoisotopic (exact) mass is 359 g/mol. The van der Waals surface area contributed by atoms with E-state index in [1.165, 1.54) is 0 Å². The first-order valence-corrected chi connectivity index (χ1v) is 8.23. The van der Waals surface area contributed by atoms with Gasteiger partial charge in [-0.2, -0.15) is 0 Å². The quantitative estimate of drug-likeness (QED) is 0.848. The van der Waals surface area contributed by atoms with E-state index >= 15 is 0 Å². The van der Waals surface area contributed by atoms with Crippen molar-refractivity contribution in [2.45, 2.75) is 19.9 Å². The zero-order valence-electron chi connectivity index (χ0n) is 14.9. The van der Waals surface area contributed by atoms with E-state index in [0.29, 0.717) is 36.2 Å². The number of carbonyl (C=O) groups excluding carboxylic acids is 2. The van der Waals surface area contributed by atoms with E-state index in [4.69, 9.17) is 14.0 Å². The van der Waals surface area contributed by atoms with Crippen molar-refractivity contribution >= 4 is 17.6 Å². The molecule has 1 aromatic heterocycles. The summed E-state index contributed by atoms with van der Waals surface area (Å²) in [7, 11) is 3.13. The van der Waals surface area contributed by atoms with E-state index in [9.17, 15) is 9.59 Å². The van der Waals surface area contributed by atoms with Gasteiger partial charge in [0, 0.05) is 25.6 Å². The van der Waals surface area contributed by atoms with E-state index in [1.54, 1.807) is 38.2 Å². The number of aromatic nitrogens is 1. The van der Waals surface area contributed by atoms with Crippen LogP contribution in [-0.4, -0.2) is 42.6 Å². The van der Waals surface area contributed by atoms with Crippen molar-refractivity contribution in [1.29, 1.82) is 0 Å². The highest BCUT2D eigenvalue weighted by molar-refractivity contribution is 5.96. The summed E-state index contributed by atoms with van der Waals surface area (Å²) >= 11 is 0. The normalized spacial score (nSPS) is 16.7. The molecule has 3 rings (SSSR count). The van der Waals surface area contributed by atoms with Crippen molar-refractivity contribution in [2.75, 3.05) is 26.1 Å². The van der Waals surface area contributed by atoms with Crippen LogP contribution < -0.4 is 14.8 Å². The number of benzene rings is 1. The molecule has 8 nitrogen and oxygen atoms in total. The van der Waals surface area contributed by atoms with E-state index in [2.05, 4.69) is 10.5 Å². The molecule has 1 N–H and O–H groups in total. The van der Waals surface area contributed by atoms with Gasteiger partial charge in [0.1, 0.15) is 5.76 Å². The third kappa shape index (κ3) is 3.79. The van der Waals surface area contributed by atoms with Crippen LogP contribution in [0.15, 0.2) is 28.8 Å². The molecule has 0 aliphatic carbocycles. The Balaban J connectivity index is 1.63. The van der Waals surface area contributed by atoms with Crippen LogP contribution in [0.4, 0.5) is 5.82 Å². The summed E-state index contributed by atoms with van der Waals surface area (Å²) in [4.78, 5) is 26.3. The molecular formula is C18H21N3O5. The van der Waals surface area contributed by atoms with Gasteiger partial charge in [-0.15, -0.1) is 0 Å². The van der Waals surface area contributed by atoms with Crippen LogP contribution in [0.3, 0.4) is 0 Å². The highest BCUT2D eigenvalue weighted by Crippen LogP contribution is 2.29. The molecule has 1 fully saturated rings. The molecule has 2 aromatic rings. The second-order valence-corrected chi connectivity index (χ2v) is 6.18. The Morgan fingerprint density at radius 1 is 1.31 bits per heavy atom. The molecule has 1 aliphatic rings. The smallest absolute Gasteiger partial charge is 0.231 e. The Labute approximate surface area is 151 Å². The SMILES string of the molecule is COc1ccc(CN2CC(C(=O)Nc3cc(C)on3)CC2=O)cc1OC. The summed E-state index contributed by atoms with van der Waals surface area (Å²) in [6.45, 7) is 2.51. The first kappa shape index (κ1) is 17.8. The number of nitrogens with one attached hydrogen (secondary N) is 1. The van der Waals surface area contributed by atoms with Gasteiger partial charge in [0.15, 0.2) is 17.3 Å². The van der Waals surface area contributed by atoms with Crippen molar-refractivity contribution in [1.82, 2.24) is 10.1 Å². The lowest BCUT2D eigenvalue weighted by molar-refractivity contribution is -0.128. The van der Waals surface area contributed by atoms with E-state index in [-0.39, 0.29) is 18.2 Å². The third-order valence-electron chi connectivity index (χ3n) is 4.29. The molecule has 2 heterocycles. The third-order valence-corrected chi connectivity index (χ3v) is 4.29. The lowest BCUT2D eigenvalue weighted by Crippen LogP contribution is -2.28. The number of hydrogen-bond acceptors (Lipinski definition) is 6. The fraction of sp³-hybridized carbons (Fsp3) is 0.389. The molecule has 1 unspecified atom stereocenters. The molecule has 1 aliphatic heterocycles. The Hall–Kier alpha value is -3.03. The van der Waals surface area contributed by atoms with Crippen molar-refractivity contribution in [3.05, 3.63) is 35.6 Å². The largest absolute Gasteiger partial charge is 0.493 e. The van der Waals surface area contributed by atoms with Crippen LogP contribution in [0.2, 0.25) is 0 Å². The van der Waals surface area contributed by atoms with Crippen molar-refractivity contribution in [3.8, 4) is 11.5 Å². The van der Waals surface area contributed by atoms with Crippen molar-refractivity contribution in [2.24, 2.45) is 5.92 Å². The molecule has 0 radical (unpaired) electrons. The molecule has 0 spiro atoms. The van der Waals surface area contributed by atoms with Gasteiger partial charge in [0.2, 0.25) is 11.8 Å². The Morgan fingerprint density at radius 3 is 2.73 bits per heavy atom. The maximum Gasteiger partial charge on any atom is 0.231 e.